The minimum Gasteiger partial charge on any atom is -0.395 e. The van der Waals surface area contributed by atoms with Gasteiger partial charge in [-0.15, -0.1) is 0 Å². The number of carbonyl (C=O) groups excluding carboxylic acids is 1. The Hall–Kier alpha value is -3.75. The molecular weight excluding hydrogens is 572 g/mol. The number of piperazine rings is 1. The zero-order valence-electron chi connectivity index (χ0n) is 26.8. The van der Waals surface area contributed by atoms with E-state index in [4.69, 9.17) is 10.1 Å². The second-order valence-corrected chi connectivity index (χ2v) is 14.5. The standard InChI is InChI=1S/C38H46N6O2/c45-18-17-42-13-15-43(16-14-42)35-22-33(30-7-3-1-4-8-30)40-37-36(31-9-5-2-6-10-31)32(41-44(35)37)11-12-39-34(46)26-38-23-27-19-28(24-38)21-29(20-27)25-38/h1-10,22,27-29,45H,11-21,23-26H2,(H,39,46). The third-order valence-electron chi connectivity index (χ3n) is 11.3. The van der Waals surface area contributed by atoms with Gasteiger partial charge in [-0.05, 0) is 67.3 Å². The number of nitrogens with zero attached hydrogens (tertiary/aromatic N) is 5. The van der Waals surface area contributed by atoms with E-state index >= 15 is 0 Å². The van der Waals surface area contributed by atoms with Crippen molar-refractivity contribution in [3.63, 3.8) is 0 Å². The van der Waals surface area contributed by atoms with Gasteiger partial charge in [-0.1, -0.05) is 60.7 Å². The number of nitrogens with one attached hydrogen (secondary N) is 1. The molecule has 9 rings (SSSR count). The van der Waals surface area contributed by atoms with Crippen LogP contribution in [0.1, 0.15) is 50.6 Å². The molecule has 0 radical (unpaired) electrons. The summed E-state index contributed by atoms with van der Waals surface area (Å²) in [4.78, 5) is 23.4. The molecule has 1 aliphatic heterocycles. The number of carbonyl (C=O) groups is 1. The van der Waals surface area contributed by atoms with Crippen LogP contribution < -0.4 is 10.2 Å². The van der Waals surface area contributed by atoms with Gasteiger partial charge in [0, 0.05) is 69.3 Å². The van der Waals surface area contributed by atoms with E-state index in [9.17, 15) is 9.90 Å². The van der Waals surface area contributed by atoms with Gasteiger partial charge in [0.25, 0.3) is 0 Å². The maximum atomic E-state index is 13.4. The van der Waals surface area contributed by atoms with E-state index in [0.717, 1.165) is 83.5 Å². The van der Waals surface area contributed by atoms with Crippen LogP contribution >= 0.6 is 0 Å². The SMILES string of the molecule is O=C(CC12CC3CC(CC(C3)C1)C2)NCCc1nn2c(N3CCN(CCO)CC3)cc(-c3ccccc3)nc2c1-c1ccccc1. The quantitative estimate of drug-likeness (QED) is 0.246. The van der Waals surface area contributed by atoms with Crippen LogP contribution in [0.4, 0.5) is 5.82 Å². The maximum Gasteiger partial charge on any atom is 0.220 e. The van der Waals surface area contributed by atoms with E-state index in [1.165, 1.54) is 38.5 Å². The lowest BCUT2D eigenvalue weighted by molar-refractivity contribution is -0.129. The molecule has 4 saturated carbocycles. The van der Waals surface area contributed by atoms with Crippen LogP contribution in [-0.4, -0.2) is 76.4 Å². The summed E-state index contributed by atoms with van der Waals surface area (Å²) in [6, 6.07) is 23.0. The molecule has 4 bridgehead atoms. The molecule has 240 valence electrons. The first-order valence-electron chi connectivity index (χ1n) is 17.4. The minimum absolute atomic E-state index is 0.180. The molecule has 0 unspecified atom stereocenters. The van der Waals surface area contributed by atoms with E-state index in [1.54, 1.807) is 0 Å². The number of β-amino-alcohol motifs (C(OH)–C–C–N with tert-alkyl or cyclic N) is 1. The summed E-state index contributed by atoms with van der Waals surface area (Å²) in [7, 11) is 0. The number of benzene rings is 2. The lowest BCUT2D eigenvalue weighted by Crippen LogP contribution is -2.48. The maximum absolute atomic E-state index is 13.4. The summed E-state index contributed by atoms with van der Waals surface area (Å²) >= 11 is 0. The van der Waals surface area contributed by atoms with Crippen molar-refractivity contribution in [3.05, 3.63) is 72.4 Å². The highest BCUT2D eigenvalue weighted by molar-refractivity contribution is 5.83. The van der Waals surface area contributed by atoms with E-state index in [-0.39, 0.29) is 17.9 Å². The Balaban J connectivity index is 1.10. The molecule has 0 spiro atoms. The topological polar surface area (TPSA) is 86.0 Å². The summed E-state index contributed by atoms with van der Waals surface area (Å²) in [5.74, 6) is 3.79. The smallest absolute Gasteiger partial charge is 0.220 e. The largest absolute Gasteiger partial charge is 0.395 e. The van der Waals surface area contributed by atoms with Crippen molar-refractivity contribution >= 4 is 17.4 Å². The Morgan fingerprint density at radius 3 is 2.13 bits per heavy atom. The summed E-state index contributed by atoms with van der Waals surface area (Å²) in [6.45, 7) is 4.93. The van der Waals surface area contributed by atoms with Gasteiger partial charge in [0.2, 0.25) is 5.91 Å². The number of hydrogen-bond acceptors (Lipinski definition) is 6. The Morgan fingerprint density at radius 2 is 1.50 bits per heavy atom. The third kappa shape index (κ3) is 5.82. The molecule has 2 N–H and O–H groups in total. The van der Waals surface area contributed by atoms with Crippen LogP contribution in [0, 0.1) is 23.2 Å². The first-order valence-corrected chi connectivity index (χ1v) is 17.4. The molecule has 0 atom stereocenters. The molecule has 2 aromatic heterocycles. The Kier molecular flexibility index (Phi) is 8.02. The number of aliphatic hydroxyl groups is 1. The second-order valence-electron chi connectivity index (χ2n) is 14.5. The first-order chi connectivity index (χ1) is 22.6. The molecule has 1 saturated heterocycles. The number of rotatable bonds is 10. The number of hydrogen-bond donors (Lipinski definition) is 2. The highest BCUT2D eigenvalue weighted by Crippen LogP contribution is 2.61. The molecule has 46 heavy (non-hydrogen) atoms. The number of amides is 1. The predicted octanol–water partition coefficient (Wildman–Crippen LogP) is 5.44. The lowest BCUT2D eigenvalue weighted by Gasteiger charge is -2.56. The molecular formula is C38H46N6O2. The van der Waals surface area contributed by atoms with E-state index in [1.807, 2.05) is 16.6 Å². The van der Waals surface area contributed by atoms with Crippen LogP contribution in [0.25, 0.3) is 28.0 Å². The molecule has 8 heteroatoms. The molecule has 4 aliphatic carbocycles. The van der Waals surface area contributed by atoms with Gasteiger partial charge < -0.3 is 15.3 Å². The number of anilines is 1. The average molecular weight is 619 g/mol. The zero-order valence-corrected chi connectivity index (χ0v) is 26.8. The van der Waals surface area contributed by atoms with Crippen molar-refractivity contribution in [2.45, 2.75) is 51.4 Å². The van der Waals surface area contributed by atoms with Crippen LogP contribution in [0.3, 0.4) is 0 Å². The molecule has 1 amide bonds. The molecule has 5 fully saturated rings. The number of aliphatic hydroxyl groups excluding tert-OH is 1. The Labute approximate surface area is 271 Å². The normalized spacial score (nSPS) is 25.8. The second kappa shape index (κ2) is 12.5. The Morgan fingerprint density at radius 1 is 0.870 bits per heavy atom. The lowest BCUT2D eigenvalue weighted by atomic mass is 9.49. The molecule has 5 aliphatic rings. The molecule has 8 nitrogen and oxygen atoms in total. The highest BCUT2D eigenvalue weighted by Gasteiger charge is 2.51. The van der Waals surface area contributed by atoms with Gasteiger partial charge in [-0.25, -0.2) is 4.98 Å². The van der Waals surface area contributed by atoms with Gasteiger partial charge in [-0.2, -0.15) is 9.61 Å². The fraction of sp³-hybridized carbons (Fsp3) is 0.500. The van der Waals surface area contributed by atoms with E-state index in [2.05, 4.69) is 69.7 Å². The zero-order chi connectivity index (χ0) is 31.1. The van der Waals surface area contributed by atoms with Crippen LogP contribution in [0.5, 0.6) is 0 Å². The van der Waals surface area contributed by atoms with Gasteiger partial charge >= 0.3 is 0 Å². The summed E-state index contributed by atoms with van der Waals surface area (Å²) in [6.07, 6.45) is 9.29. The van der Waals surface area contributed by atoms with Crippen LogP contribution in [0.2, 0.25) is 0 Å². The summed E-state index contributed by atoms with van der Waals surface area (Å²) in [5, 5.41) is 18.0. The molecule has 2 aromatic carbocycles. The van der Waals surface area contributed by atoms with Gasteiger partial charge in [-0.3, -0.25) is 9.69 Å². The van der Waals surface area contributed by atoms with Crippen molar-refractivity contribution in [3.8, 4) is 22.4 Å². The summed E-state index contributed by atoms with van der Waals surface area (Å²) < 4.78 is 2.03. The molecule has 4 aromatic rings. The minimum atomic E-state index is 0.180. The Bertz CT molecular complexity index is 1640. The van der Waals surface area contributed by atoms with Crippen molar-refractivity contribution < 1.29 is 9.90 Å². The van der Waals surface area contributed by atoms with Gasteiger partial charge in [0.1, 0.15) is 5.82 Å². The highest BCUT2D eigenvalue weighted by atomic mass is 16.3. The van der Waals surface area contributed by atoms with Crippen LogP contribution in [0.15, 0.2) is 66.7 Å². The monoisotopic (exact) mass is 618 g/mol. The van der Waals surface area contributed by atoms with Crippen molar-refractivity contribution in [1.82, 2.24) is 24.8 Å². The van der Waals surface area contributed by atoms with Crippen molar-refractivity contribution in [2.24, 2.45) is 23.2 Å². The number of aromatic nitrogens is 3. The van der Waals surface area contributed by atoms with Crippen LogP contribution in [-0.2, 0) is 11.2 Å². The van der Waals surface area contributed by atoms with E-state index < -0.39 is 0 Å². The number of fused-ring (bicyclic) bond motifs is 1. The van der Waals surface area contributed by atoms with Gasteiger partial charge in [0.15, 0.2) is 5.65 Å². The van der Waals surface area contributed by atoms with Gasteiger partial charge in [0.05, 0.1) is 18.0 Å². The fourth-order valence-electron chi connectivity index (χ4n) is 9.68. The predicted molar refractivity (Wildman–Crippen MR) is 182 cm³/mol. The molecule has 3 heterocycles. The van der Waals surface area contributed by atoms with Crippen molar-refractivity contribution in [2.75, 3.05) is 50.8 Å². The first kappa shape index (κ1) is 29.6. The van der Waals surface area contributed by atoms with Crippen molar-refractivity contribution in [1.29, 1.82) is 0 Å². The summed E-state index contributed by atoms with van der Waals surface area (Å²) in [5.41, 5.74) is 6.16. The fourth-order valence-corrected chi connectivity index (χ4v) is 9.68. The third-order valence-corrected chi connectivity index (χ3v) is 11.3. The van der Waals surface area contributed by atoms with E-state index in [0.29, 0.717) is 25.9 Å². The average Bonchev–Trinajstić information content (AvgIpc) is 3.43.